The first-order valence-corrected chi connectivity index (χ1v) is 9.51. The number of thiazole rings is 1. The topological polar surface area (TPSA) is 109 Å². The lowest BCUT2D eigenvalue weighted by Crippen LogP contribution is -2.44. The van der Waals surface area contributed by atoms with E-state index in [0.29, 0.717) is 34.6 Å². The van der Waals surface area contributed by atoms with Gasteiger partial charge in [-0.25, -0.2) is 4.98 Å². The highest BCUT2D eigenvalue weighted by Crippen LogP contribution is 2.21. The van der Waals surface area contributed by atoms with E-state index in [2.05, 4.69) is 37.7 Å². The molecule has 1 saturated heterocycles. The summed E-state index contributed by atoms with van der Waals surface area (Å²) < 4.78 is 10.5. The number of furan rings is 1. The van der Waals surface area contributed by atoms with Gasteiger partial charge < -0.3 is 14.3 Å². The van der Waals surface area contributed by atoms with Gasteiger partial charge in [0.05, 0.1) is 30.0 Å². The molecule has 4 rings (SSSR count). The Hall–Kier alpha value is -2.27. The fraction of sp³-hybridized carbons (Fsp3) is 0.412. The van der Waals surface area contributed by atoms with Crippen molar-refractivity contribution >= 4 is 34.8 Å². The molecule has 1 aliphatic rings. The molecule has 28 heavy (non-hydrogen) atoms. The summed E-state index contributed by atoms with van der Waals surface area (Å²) in [5, 5.41) is 12.6. The van der Waals surface area contributed by atoms with E-state index in [1.54, 1.807) is 13.0 Å². The molecule has 1 unspecified atom stereocenters. The summed E-state index contributed by atoms with van der Waals surface area (Å²) in [7, 11) is 2.05. The molecule has 1 fully saturated rings. The van der Waals surface area contributed by atoms with Crippen LogP contribution in [0.25, 0.3) is 0 Å². The van der Waals surface area contributed by atoms with E-state index in [1.807, 2.05) is 5.38 Å². The largest absolute Gasteiger partial charge is 0.469 e. The number of aryl methyl sites for hydroxylation is 1. The standard InChI is InChI=1S/C17H20N6O3S.ClH/c1-10-12(3-6-25-10)16(24)21-17-19-11(9-27-17)7-14-20-15(22-26-14)13-8-18-4-5-23(13)2;/h3,6,9,13,18H,4-5,7-8H2,1-2H3,(H,19,21,24);1H. The monoisotopic (exact) mass is 424 g/mol. The Morgan fingerprint density at radius 3 is 3.07 bits per heavy atom. The summed E-state index contributed by atoms with van der Waals surface area (Å²) in [5.41, 5.74) is 1.27. The van der Waals surface area contributed by atoms with Crippen molar-refractivity contribution in [1.82, 2.24) is 25.3 Å². The minimum atomic E-state index is -0.241. The third kappa shape index (κ3) is 4.41. The van der Waals surface area contributed by atoms with Crippen LogP contribution in [-0.4, -0.2) is 52.6 Å². The average molecular weight is 425 g/mol. The van der Waals surface area contributed by atoms with Crippen molar-refractivity contribution in [3.8, 4) is 0 Å². The van der Waals surface area contributed by atoms with Crippen LogP contribution in [0.1, 0.15) is 39.6 Å². The molecule has 0 bridgehead atoms. The molecule has 0 spiro atoms. The summed E-state index contributed by atoms with van der Waals surface area (Å²) in [5.74, 6) is 1.52. The smallest absolute Gasteiger partial charge is 0.260 e. The van der Waals surface area contributed by atoms with E-state index in [-0.39, 0.29) is 24.4 Å². The number of rotatable bonds is 5. The Morgan fingerprint density at radius 1 is 1.46 bits per heavy atom. The number of carbonyl (C=O) groups is 1. The number of amides is 1. The number of piperazine rings is 1. The molecule has 4 heterocycles. The van der Waals surface area contributed by atoms with Gasteiger partial charge in [0, 0.05) is 25.0 Å². The summed E-state index contributed by atoms with van der Waals surface area (Å²) in [6, 6.07) is 1.75. The van der Waals surface area contributed by atoms with Gasteiger partial charge in [-0.2, -0.15) is 4.98 Å². The first-order valence-electron chi connectivity index (χ1n) is 8.63. The highest BCUT2D eigenvalue weighted by Gasteiger charge is 2.25. The van der Waals surface area contributed by atoms with Crippen molar-refractivity contribution in [3.63, 3.8) is 0 Å². The third-order valence-electron chi connectivity index (χ3n) is 4.50. The van der Waals surface area contributed by atoms with Crippen LogP contribution in [-0.2, 0) is 6.42 Å². The van der Waals surface area contributed by atoms with Crippen LogP contribution in [0.4, 0.5) is 5.13 Å². The predicted octanol–water partition coefficient (Wildman–Crippen LogP) is 2.27. The van der Waals surface area contributed by atoms with Crippen LogP contribution in [0.5, 0.6) is 0 Å². The van der Waals surface area contributed by atoms with Crippen molar-refractivity contribution in [3.05, 3.63) is 46.4 Å². The Bertz CT molecular complexity index is 939. The molecule has 1 amide bonds. The van der Waals surface area contributed by atoms with Crippen molar-refractivity contribution in [2.45, 2.75) is 19.4 Å². The molecular formula is C17H21ClN6O3S. The lowest BCUT2D eigenvalue weighted by molar-refractivity contribution is 0.102. The van der Waals surface area contributed by atoms with Crippen LogP contribution < -0.4 is 10.6 Å². The maximum Gasteiger partial charge on any atom is 0.260 e. The Balaban J connectivity index is 0.00000225. The zero-order valence-electron chi connectivity index (χ0n) is 15.5. The second-order valence-corrected chi connectivity index (χ2v) is 7.27. The van der Waals surface area contributed by atoms with Crippen LogP contribution in [0.15, 0.2) is 26.6 Å². The molecular weight excluding hydrogens is 404 g/mol. The van der Waals surface area contributed by atoms with E-state index in [9.17, 15) is 4.79 Å². The molecule has 150 valence electrons. The first-order chi connectivity index (χ1) is 13.1. The molecule has 0 saturated carbocycles. The first kappa shape index (κ1) is 20.5. The Kier molecular flexibility index (Phi) is 6.45. The zero-order valence-corrected chi connectivity index (χ0v) is 17.1. The predicted molar refractivity (Wildman–Crippen MR) is 106 cm³/mol. The van der Waals surface area contributed by atoms with Gasteiger partial charge in [-0.1, -0.05) is 5.16 Å². The summed E-state index contributed by atoms with van der Waals surface area (Å²) >= 11 is 1.35. The third-order valence-corrected chi connectivity index (χ3v) is 5.31. The fourth-order valence-corrected chi connectivity index (χ4v) is 3.66. The lowest BCUT2D eigenvalue weighted by Gasteiger charge is -2.30. The zero-order chi connectivity index (χ0) is 18.8. The molecule has 11 heteroatoms. The molecule has 0 aromatic carbocycles. The van der Waals surface area contributed by atoms with E-state index in [1.165, 1.54) is 17.6 Å². The van der Waals surface area contributed by atoms with Crippen molar-refractivity contribution in [2.75, 3.05) is 32.0 Å². The van der Waals surface area contributed by atoms with Gasteiger partial charge in [0.1, 0.15) is 5.76 Å². The van der Waals surface area contributed by atoms with Crippen molar-refractivity contribution in [1.29, 1.82) is 0 Å². The summed E-state index contributed by atoms with van der Waals surface area (Å²) in [6.07, 6.45) is 1.91. The fourth-order valence-electron chi connectivity index (χ4n) is 2.95. The second kappa shape index (κ2) is 8.82. The molecule has 3 aromatic heterocycles. The van der Waals surface area contributed by atoms with Crippen LogP contribution in [0.2, 0.25) is 0 Å². The lowest BCUT2D eigenvalue weighted by atomic mass is 10.2. The average Bonchev–Trinajstić information content (AvgIpc) is 3.38. The minimum Gasteiger partial charge on any atom is -0.469 e. The van der Waals surface area contributed by atoms with Gasteiger partial charge in [0.25, 0.3) is 5.91 Å². The number of carbonyl (C=O) groups excluding carboxylic acids is 1. The Morgan fingerprint density at radius 2 is 2.32 bits per heavy atom. The summed E-state index contributed by atoms with van der Waals surface area (Å²) in [4.78, 5) is 23.4. The van der Waals surface area contributed by atoms with Gasteiger partial charge in [0.2, 0.25) is 5.89 Å². The van der Waals surface area contributed by atoms with Gasteiger partial charge in [-0.15, -0.1) is 23.7 Å². The molecule has 9 nitrogen and oxygen atoms in total. The molecule has 3 aromatic rings. The van der Waals surface area contributed by atoms with Gasteiger partial charge in [-0.05, 0) is 20.0 Å². The van der Waals surface area contributed by atoms with Crippen LogP contribution >= 0.6 is 23.7 Å². The number of hydrogen-bond donors (Lipinski definition) is 2. The molecule has 1 atom stereocenters. The normalized spacial score (nSPS) is 17.3. The minimum absolute atomic E-state index is 0. The number of hydrogen-bond acceptors (Lipinski definition) is 9. The van der Waals surface area contributed by atoms with Crippen molar-refractivity contribution in [2.24, 2.45) is 0 Å². The number of nitrogens with one attached hydrogen (secondary N) is 2. The maximum atomic E-state index is 12.2. The van der Waals surface area contributed by atoms with E-state index >= 15 is 0 Å². The number of nitrogens with zero attached hydrogens (tertiary/aromatic N) is 4. The highest BCUT2D eigenvalue weighted by molar-refractivity contribution is 7.14. The SMILES string of the molecule is Cc1occc1C(=O)Nc1nc(Cc2nc(C3CNCCN3C)no2)cs1.Cl. The molecule has 0 aliphatic carbocycles. The number of aromatic nitrogens is 3. The Labute approximate surface area is 171 Å². The summed E-state index contributed by atoms with van der Waals surface area (Å²) in [6.45, 7) is 4.45. The van der Waals surface area contributed by atoms with Crippen LogP contribution in [0.3, 0.4) is 0 Å². The van der Waals surface area contributed by atoms with Crippen molar-refractivity contribution < 1.29 is 13.7 Å². The molecule has 2 N–H and O–H groups in total. The molecule has 0 radical (unpaired) electrons. The highest BCUT2D eigenvalue weighted by atomic mass is 35.5. The van der Waals surface area contributed by atoms with Gasteiger partial charge >= 0.3 is 0 Å². The number of likely N-dealkylation sites (N-methyl/N-ethyl adjacent to an activating group) is 1. The van der Waals surface area contributed by atoms with Crippen LogP contribution in [0, 0.1) is 6.92 Å². The maximum absolute atomic E-state index is 12.2. The quantitative estimate of drug-likeness (QED) is 0.641. The van der Waals surface area contributed by atoms with E-state index < -0.39 is 0 Å². The molecule has 1 aliphatic heterocycles. The van der Waals surface area contributed by atoms with E-state index in [4.69, 9.17) is 8.94 Å². The second-order valence-electron chi connectivity index (χ2n) is 6.41. The van der Waals surface area contributed by atoms with Gasteiger partial charge in [0.15, 0.2) is 11.0 Å². The van der Waals surface area contributed by atoms with Gasteiger partial charge in [-0.3, -0.25) is 15.0 Å². The number of anilines is 1. The van der Waals surface area contributed by atoms with E-state index in [0.717, 1.165) is 25.3 Å². The number of halogens is 1.